The number of carbonyl (C=O) groups is 2. The Morgan fingerprint density at radius 3 is 2.44 bits per heavy atom. The fraction of sp³-hybridized carbons (Fsp3) is 0.389. The van der Waals surface area contributed by atoms with Crippen LogP contribution in [-0.4, -0.2) is 58.5 Å². The minimum Gasteiger partial charge on any atom is -0.477 e. The number of aromatic carboxylic acids is 1. The number of aryl methyl sites for hydroxylation is 1. The van der Waals surface area contributed by atoms with Gasteiger partial charge >= 0.3 is 5.97 Å². The van der Waals surface area contributed by atoms with Crippen LogP contribution in [0.15, 0.2) is 23.1 Å². The van der Waals surface area contributed by atoms with Gasteiger partial charge in [0, 0.05) is 57.1 Å². The molecule has 0 spiro atoms. The summed E-state index contributed by atoms with van der Waals surface area (Å²) in [7, 11) is 0. The molecule has 1 N–H and O–H groups in total. The molecule has 0 bridgehead atoms. The molecule has 1 aliphatic heterocycles. The molecule has 1 aliphatic rings. The smallest absolute Gasteiger partial charge is 0.341 e. The maximum Gasteiger partial charge on any atom is 0.341 e. The number of pyridine rings is 1. The van der Waals surface area contributed by atoms with Crippen molar-refractivity contribution in [3.05, 3.63) is 39.9 Å². The SMILES string of the molecule is CC(=O)N1CCN(c2cc3c(cc2F)c(=O)c(C(=O)O)cn3CCCl)CC1. The van der Waals surface area contributed by atoms with Crippen molar-refractivity contribution in [3.8, 4) is 0 Å². The van der Waals surface area contributed by atoms with Gasteiger partial charge in [-0.05, 0) is 12.1 Å². The van der Waals surface area contributed by atoms with Gasteiger partial charge in [-0.1, -0.05) is 0 Å². The van der Waals surface area contributed by atoms with Crippen molar-refractivity contribution in [3.63, 3.8) is 0 Å². The Morgan fingerprint density at radius 1 is 1.22 bits per heavy atom. The zero-order valence-corrected chi connectivity index (χ0v) is 15.5. The molecule has 144 valence electrons. The van der Waals surface area contributed by atoms with Crippen molar-refractivity contribution in [1.82, 2.24) is 9.47 Å². The number of anilines is 1. The molecule has 2 aromatic rings. The molecule has 1 saturated heterocycles. The van der Waals surface area contributed by atoms with Crippen LogP contribution >= 0.6 is 11.6 Å². The van der Waals surface area contributed by atoms with E-state index in [0.29, 0.717) is 37.4 Å². The molecule has 2 heterocycles. The molecule has 0 saturated carbocycles. The summed E-state index contributed by atoms with van der Waals surface area (Å²) in [4.78, 5) is 38.7. The van der Waals surface area contributed by atoms with E-state index in [1.54, 1.807) is 15.5 Å². The van der Waals surface area contributed by atoms with Crippen LogP contribution in [0.5, 0.6) is 0 Å². The Kier molecular flexibility index (Phi) is 5.36. The number of piperazine rings is 1. The summed E-state index contributed by atoms with van der Waals surface area (Å²) in [6, 6.07) is 2.63. The van der Waals surface area contributed by atoms with Gasteiger partial charge in [0.2, 0.25) is 11.3 Å². The van der Waals surface area contributed by atoms with Crippen LogP contribution in [0, 0.1) is 5.82 Å². The van der Waals surface area contributed by atoms with Gasteiger partial charge in [-0.15, -0.1) is 11.6 Å². The zero-order chi connectivity index (χ0) is 19.7. The van der Waals surface area contributed by atoms with Gasteiger partial charge in [0.1, 0.15) is 11.4 Å². The number of benzene rings is 1. The number of amides is 1. The van der Waals surface area contributed by atoms with Crippen molar-refractivity contribution in [2.75, 3.05) is 37.0 Å². The van der Waals surface area contributed by atoms with Crippen molar-refractivity contribution in [1.29, 1.82) is 0 Å². The van der Waals surface area contributed by atoms with E-state index in [1.807, 2.05) is 4.90 Å². The summed E-state index contributed by atoms with van der Waals surface area (Å²) >= 11 is 5.81. The Bertz CT molecular complexity index is 967. The first-order valence-corrected chi connectivity index (χ1v) is 9.03. The molecule has 27 heavy (non-hydrogen) atoms. The third kappa shape index (κ3) is 3.62. The van der Waals surface area contributed by atoms with Gasteiger partial charge < -0.3 is 19.5 Å². The van der Waals surface area contributed by atoms with E-state index in [0.717, 1.165) is 6.07 Å². The lowest BCUT2D eigenvalue weighted by atomic mass is 10.1. The monoisotopic (exact) mass is 395 g/mol. The van der Waals surface area contributed by atoms with Gasteiger partial charge in [-0.25, -0.2) is 9.18 Å². The number of nitrogens with zero attached hydrogens (tertiary/aromatic N) is 3. The normalized spacial score (nSPS) is 14.6. The van der Waals surface area contributed by atoms with Crippen LogP contribution in [0.2, 0.25) is 0 Å². The van der Waals surface area contributed by atoms with Crippen LogP contribution in [0.1, 0.15) is 17.3 Å². The van der Waals surface area contributed by atoms with Gasteiger partial charge in [-0.2, -0.15) is 0 Å². The van der Waals surface area contributed by atoms with Crippen molar-refractivity contribution in [2.45, 2.75) is 13.5 Å². The highest BCUT2D eigenvalue weighted by molar-refractivity contribution is 6.17. The quantitative estimate of drug-likeness (QED) is 0.797. The maximum atomic E-state index is 14.7. The fourth-order valence-corrected chi connectivity index (χ4v) is 3.51. The minimum atomic E-state index is -1.37. The molecule has 1 fully saturated rings. The summed E-state index contributed by atoms with van der Waals surface area (Å²) in [5.41, 5.74) is -0.405. The average Bonchev–Trinajstić information content (AvgIpc) is 2.63. The summed E-state index contributed by atoms with van der Waals surface area (Å²) in [5.74, 6) is -1.78. The number of hydrogen-bond donors (Lipinski definition) is 1. The van der Waals surface area contributed by atoms with E-state index in [1.165, 1.54) is 13.1 Å². The Hall–Kier alpha value is -2.61. The van der Waals surface area contributed by atoms with Crippen LogP contribution in [0.25, 0.3) is 10.9 Å². The van der Waals surface area contributed by atoms with E-state index in [-0.39, 0.29) is 23.7 Å². The Morgan fingerprint density at radius 2 is 1.89 bits per heavy atom. The molecule has 7 nitrogen and oxygen atoms in total. The lowest BCUT2D eigenvalue weighted by molar-refractivity contribution is -0.129. The van der Waals surface area contributed by atoms with Crippen molar-refractivity contribution >= 4 is 40.1 Å². The zero-order valence-electron chi connectivity index (χ0n) is 14.7. The van der Waals surface area contributed by atoms with Gasteiger partial charge in [0.25, 0.3) is 0 Å². The highest BCUT2D eigenvalue weighted by atomic mass is 35.5. The van der Waals surface area contributed by atoms with Gasteiger partial charge in [0.15, 0.2) is 0 Å². The van der Waals surface area contributed by atoms with E-state index in [2.05, 4.69) is 0 Å². The standard InChI is InChI=1S/C18H19ClFN3O4/c1-11(24)21-4-6-22(7-5-21)16-9-15-12(8-14(16)20)17(25)13(18(26)27)10-23(15)3-2-19/h8-10H,2-7H2,1H3,(H,26,27). The number of fused-ring (bicyclic) bond motifs is 1. The Balaban J connectivity index is 2.09. The van der Waals surface area contributed by atoms with Crippen LogP contribution < -0.4 is 10.3 Å². The highest BCUT2D eigenvalue weighted by Crippen LogP contribution is 2.26. The second-order valence-electron chi connectivity index (χ2n) is 6.37. The summed E-state index contributed by atoms with van der Waals surface area (Å²) < 4.78 is 16.3. The summed E-state index contributed by atoms with van der Waals surface area (Å²) in [5, 5.41) is 9.24. The number of carboxylic acid groups (broad SMARTS) is 1. The molecule has 0 radical (unpaired) electrons. The molecule has 1 aromatic carbocycles. The van der Waals surface area contributed by atoms with E-state index < -0.39 is 22.8 Å². The summed E-state index contributed by atoms with van der Waals surface area (Å²) in [6.07, 6.45) is 1.24. The summed E-state index contributed by atoms with van der Waals surface area (Å²) in [6.45, 7) is 3.68. The molecular weight excluding hydrogens is 377 g/mol. The van der Waals surface area contributed by atoms with E-state index in [9.17, 15) is 23.9 Å². The van der Waals surface area contributed by atoms with E-state index in [4.69, 9.17) is 11.6 Å². The van der Waals surface area contributed by atoms with Crippen LogP contribution in [0.3, 0.4) is 0 Å². The first-order chi connectivity index (χ1) is 12.8. The van der Waals surface area contributed by atoms with Gasteiger partial charge in [-0.3, -0.25) is 9.59 Å². The molecule has 9 heteroatoms. The predicted octanol–water partition coefficient (Wildman–Crippen LogP) is 1.75. The second-order valence-corrected chi connectivity index (χ2v) is 6.75. The van der Waals surface area contributed by atoms with Crippen molar-refractivity contribution < 1.29 is 19.1 Å². The first kappa shape index (κ1) is 19.2. The lowest BCUT2D eigenvalue weighted by Gasteiger charge is -2.36. The largest absolute Gasteiger partial charge is 0.477 e. The lowest BCUT2D eigenvalue weighted by Crippen LogP contribution is -2.48. The highest BCUT2D eigenvalue weighted by Gasteiger charge is 2.23. The predicted molar refractivity (Wildman–Crippen MR) is 100 cm³/mol. The minimum absolute atomic E-state index is 0.00337. The van der Waals surface area contributed by atoms with E-state index >= 15 is 0 Å². The molecule has 1 amide bonds. The fourth-order valence-electron chi connectivity index (χ4n) is 3.33. The van der Waals surface area contributed by atoms with Crippen molar-refractivity contribution in [2.24, 2.45) is 0 Å². The molecule has 3 rings (SSSR count). The number of carbonyl (C=O) groups excluding carboxylic acids is 1. The molecular formula is C18H19ClFN3O4. The van der Waals surface area contributed by atoms with Crippen LogP contribution in [0.4, 0.5) is 10.1 Å². The average molecular weight is 396 g/mol. The maximum absolute atomic E-state index is 14.7. The molecule has 1 aromatic heterocycles. The number of rotatable bonds is 4. The molecule has 0 aliphatic carbocycles. The second kappa shape index (κ2) is 7.56. The number of carboxylic acids is 1. The first-order valence-electron chi connectivity index (χ1n) is 8.50. The molecule has 0 atom stereocenters. The molecule has 0 unspecified atom stereocenters. The number of halogens is 2. The Labute approximate surface area is 159 Å². The topological polar surface area (TPSA) is 82.8 Å². The van der Waals surface area contributed by atoms with Crippen LogP contribution in [-0.2, 0) is 11.3 Å². The number of hydrogen-bond acceptors (Lipinski definition) is 4. The number of aromatic nitrogens is 1. The number of alkyl halides is 1. The third-order valence-electron chi connectivity index (χ3n) is 4.77. The third-order valence-corrected chi connectivity index (χ3v) is 4.94. The van der Waals surface area contributed by atoms with Gasteiger partial charge in [0.05, 0.1) is 11.2 Å².